The molecule has 37 heavy (non-hydrogen) atoms. The molecule has 0 spiro atoms. The molecule has 1 unspecified atom stereocenters. The van der Waals surface area contributed by atoms with E-state index in [2.05, 4.69) is 93.7 Å². The van der Waals surface area contributed by atoms with Gasteiger partial charge in [0.2, 0.25) is 0 Å². The molecule has 2 fully saturated rings. The van der Waals surface area contributed by atoms with Crippen LogP contribution < -0.4 is 14.8 Å². The van der Waals surface area contributed by atoms with Crippen molar-refractivity contribution in [3.05, 3.63) is 96.1 Å². The lowest BCUT2D eigenvalue weighted by Gasteiger charge is -2.24. The summed E-state index contributed by atoms with van der Waals surface area (Å²) in [5.74, 6) is 0.899. The van der Waals surface area contributed by atoms with Crippen molar-refractivity contribution in [3.63, 3.8) is 0 Å². The molecule has 0 saturated carbocycles. The van der Waals surface area contributed by atoms with E-state index in [-0.39, 0.29) is 6.04 Å². The normalized spacial score (nSPS) is 19.7. The first-order chi connectivity index (χ1) is 18.3. The van der Waals surface area contributed by atoms with Gasteiger partial charge in [0, 0.05) is 49.4 Å². The number of aromatic nitrogens is 1. The van der Waals surface area contributed by atoms with Crippen LogP contribution in [0.25, 0.3) is 10.9 Å². The number of pyridine rings is 1. The van der Waals surface area contributed by atoms with E-state index in [1.807, 2.05) is 6.07 Å². The number of para-hydroxylation sites is 1. The Labute approximate surface area is 219 Å². The number of benzene rings is 3. The Hall–Kier alpha value is -3.86. The molecule has 3 aliphatic rings. The van der Waals surface area contributed by atoms with Crippen molar-refractivity contribution in [1.82, 2.24) is 4.98 Å². The minimum Gasteiger partial charge on any atom is -0.372 e. The summed E-state index contributed by atoms with van der Waals surface area (Å²) in [4.78, 5) is 9.99. The zero-order chi connectivity index (χ0) is 24.6. The fraction of sp³-hybridized carbons (Fsp3) is 0.312. The van der Waals surface area contributed by atoms with Crippen molar-refractivity contribution >= 4 is 33.8 Å². The molecule has 4 heterocycles. The summed E-state index contributed by atoms with van der Waals surface area (Å²) in [5, 5.41) is 8.48. The number of rotatable bonds is 5. The summed E-state index contributed by atoms with van der Waals surface area (Å²) >= 11 is 0. The number of hydrazone groups is 1. The molecule has 3 aromatic carbocycles. The molecule has 7 rings (SSSR count). The van der Waals surface area contributed by atoms with Crippen molar-refractivity contribution in [2.45, 2.75) is 38.1 Å². The minimum absolute atomic E-state index is 0.120. The second kappa shape index (κ2) is 9.55. The second-order valence-corrected chi connectivity index (χ2v) is 10.5. The summed E-state index contributed by atoms with van der Waals surface area (Å²) in [6.45, 7) is 4.65. The third-order valence-electron chi connectivity index (χ3n) is 8.15. The SMILES string of the molecule is c1ccc2nc(N3N=C(c4ccc(N5CCCC5)cc4)CC3c3ccc(N4CCCC4)cc3)ccc2c1. The summed E-state index contributed by atoms with van der Waals surface area (Å²) in [6, 6.07) is 30.9. The van der Waals surface area contributed by atoms with Crippen molar-refractivity contribution < 1.29 is 0 Å². The van der Waals surface area contributed by atoms with Gasteiger partial charge in [-0.1, -0.05) is 42.5 Å². The van der Waals surface area contributed by atoms with E-state index in [9.17, 15) is 0 Å². The first kappa shape index (κ1) is 22.3. The molecule has 0 N–H and O–H groups in total. The quantitative estimate of drug-likeness (QED) is 0.310. The van der Waals surface area contributed by atoms with Gasteiger partial charge < -0.3 is 9.80 Å². The molecule has 5 heteroatoms. The fourth-order valence-corrected chi connectivity index (χ4v) is 6.06. The standard InChI is InChI=1S/C32H33N5/c1-2-8-29-24(7-1)13-18-32(33-29)37-31(26-11-16-28(17-12-26)36-21-5-6-22-36)23-30(34-37)25-9-14-27(15-10-25)35-19-3-4-20-35/h1-2,7-18,31H,3-6,19-23H2. The van der Waals surface area contributed by atoms with E-state index < -0.39 is 0 Å². The fourth-order valence-electron chi connectivity index (χ4n) is 6.06. The predicted molar refractivity (Wildman–Crippen MR) is 154 cm³/mol. The van der Waals surface area contributed by atoms with Gasteiger partial charge >= 0.3 is 0 Å². The van der Waals surface area contributed by atoms with Gasteiger partial charge in [0.15, 0.2) is 0 Å². The van der Waals surface area contributed by atoms with Crippen LogP contribution in [0.3, 0.4) is 0 Å². The van der Waals surface area contributed by atoms with E-state index in [1.54, 1.807) is 0 Å². The van der Waals surface area contributed by atoms with Crippen LogP contribution in [-0.2, 0) is 0 Å². The number of anilines is 3. The van der Waals surface area contributed by atoms with Crippen molar-refractivity contribution in [1.29, 1.82) is 0 Å². The Morgan fingerprint density at radius 3 is 1.92 bits per heavy atom. The molecule has 0 bridgehead atoms. The van der Waals surface area contributed by atoms with Crippen LogP contribution in [0.1, 0.15) is 49.3 Å². The van der Waals surface area contributed by atoms with Gasteiger partial charge in [-0.3, -0.25) is 0 Å². The second-order valence-electron chi connectivity index (χ2n) is 10.5. The van der Waals surface area contributed by atoms with Gasteiger partial charge in [0.05, 0.1) is 17.3 Å². The van der Waals surface area contributed by atoms with Crippen LogP contribution in [-0.4, -0.2) is 36.9 Å². The van der Waals surface area contributed by atoms with Crippen LogP contribution in [0.4, 0.5) is 17.2 Å². The number of hydrogen-bond donors (Lipinski definition) is 0. The highest BCUT2D eigenvalue weighted by Gasteiger charge is 2.31. The lowest BCUT2D eigenvalue weighted by atomic mass is 9.98. The molecule has 2 saturated heterocycles. The maximum Gasteiger partial charge on any atom is 0.150 e. The van der Waals surface area contributed by atoms with Gasteiger partial charge in [-0.15, -0.1) is 0 Å². The van der Waals surface area contributed by atoms with Crippen LogP contribution in [0.15, 0.2) is 90.0 Å². The van der Waals surface area contributed by atoms with Gasteiger partial charge in [0.1, 0.15) is 5.82 Å². The number of hydrogen-bond acceptors (Lipinski definition) is 5. The van der Waals surface area contributed by atoms with Crippen molar-refractivity contribution in [3.8, 4) is 0 Å². The molecule has 1 atom stereocenters. The molecule has 0 amide bonds. The van der Waals surface area contributed by atoms with Crippen LogP contribution in [0.2, 0.25) is 0 Å². The van der Waals surface area contributed by atoms with E-state index >= 15 is 0 Å². The Morgan fingerprint density at radius 2 is 1.24 bits per heavy atom. The Bertz CT molecular complexity index is 1410. The highest BCUT2D eigenvalue weighted by Crippen LogP contribution is 2.37. The van der Waals surface area contributed by atoms with Crippen molar-refractivity contribution in [2.24, 2.45) is 5.10 Å². The third kappa shape index (κ3) is 4.33. The zero-order valence-corrected chi connectivity index (χ0v) is 21.3. The first-order valence-corrected chi connectivity index (χ1v) is 13.7. The zero-order valence-electron chi connectivity index (χ0n) is 21.3. The smallest absolute Gasteiger partial charge is 0.150 e. The highest BCUT2D eigenvalue weighted by atomic mass is 15.5. The largest absolute Gasteiger partial charge is 0.372 e. The molecule has 1 aromatic heterocycles. The Morgan fingerprint density at radius 1 is 0.622 bits per heavy atom. The number of nitrogens with zero attached hydrogens (tertiary/aromatic N) is 5. The van der Waals surface area contributed by atoms with Crippen LogP contribution >= 0.6 is 0 Å². The molecular weight excluding hydrogens is 454 g/mol. The maximum atomic E-state index is 5.18. The van der Waals surface area contributed by atoms with E-state index in [4.69, 9.17) is 10.1 Å². The molecule has 5 nitrogen and oxygen atoms in total. The predicted octanol–water partition coefficient (Wildman–Crippen LogP) is 6.79. The van der Waals surface area contributed by atoms with Crippen LogP contribution in [0.5, 0.6) is 0 Å². The van der Waals surface area contributed by atoms with Gasteiger partial charge in [-0.05, 0) is 79.3 Å². The van der Waals surface area contributed by atoms with Gasteiger partial charge in [-0.2, -0.15) is 5.10 Å². The monoisotopic (exact) mass is 487 g/mol. The average Bonchev–Trinajstić information content (AvgIpc) is 3.75. The summed E-state index contributed by atoms with van der Waals surface area (Å²) < 4.78 is 0. The molecule has 4 aromatic rings. The molecule has 0 aliphatic carbocycles. The molecule has 186 valence electrons. The first-order valence-electron chi connectivity index (χ1n) is 13.7. The summed E-state index contributed by atoms with van der Waals surface area (Å²) in [6.07, 6.45) is 6.03. The van der Waals surface area contributed by atoms with E-state index in [0.29, 0.717) is 0 Å². The van der Waals surface area contributed by atoms with Gasteiger partial charge in [0.25, 0.3) is 0 Å². The number of fused-ring (bicyclic) bond motifs is 1. The lowest BCUT2D eigenvalue weighted by molar-refractivity contribution is 0.700. The summed E-state index contributed by atoms with van der Waals surface area (Å²) in [7, 11) is 0. The topological polar surface area (TPSA) is 35.0 Å². The van der Waals surface area contributed by atoms with Crippen molar-refractivity contribution in [2.75, 3.05) is 41.0 Å². The van der Waals surface area contributed by atoms with Crippen LogP contribution in [0, 0.1) is 0 Å². The minimum atomic E-state index is 0.120. The molecule has 0 radical (unpaired) electrons. The summed E-state index contributed by atoms with van der Waals surface area (Å²) in [5.41, 5.74) is 7.25. The average molecular weight is 488 g/mol. The maximum absolute atomic E-state index is 5.18. The molecule has 3 aliphatic heterocycles. The van der Waals surface area contributed by atoms with E-state index in [1.165, 1.54) is 48.2 Å². The van der Waals surface area contributed by atoms with Gasteiger partial charge in [-0.25, -0.2) is 9.99 Å². The lowest BCUT2D eigenvalue weighted by Crippen LogP contribution is -2.20. The third-order valence-corrected chi connectivity index (χ3v) is 8.15. The Balaban J connectivity index is 1.22. The highest BCUT2D eigenvalue weighted by molar-refractivity contribution is 6.03. The Kier molecular flexibility index (Phi) is 5.77. The van der Waals surface area contributed by atoms with E-state index in [0.717, 1.165) is 55.0 Å². The molecular formula is C32H33N5.